The zero-order valence-electron chi connectivity index (χ0n) is 17.1. The van der Waals surface area contributed by atoms with Crippen LogP contribution in [0.5, 0.6) is 0 Å². The van der Waals surface area contributed by atoms with Gasteiger partial charge < -0.3 is 21.1 Å². The average molecular weight is 425 g/mol. The fraction of sp³-hybridized carbons (Fsp3) is 0.304. The summed E-state index contributed by atoms with van der Waals surface area (Å²) in [4.78, 5) is 17.3. The first kappa shape index (κ1) is 21.8. The molecule has 1 aromatic heterocycles. The molecule has 158 valence electrons. The minimum absolute atomic E-state index is 0.0309. The van der Waals surface area contributed by atoms with Crippen LogP contribution in [0.4, 0.5) is 0 Å². The number of fused-ring (bicyclic) bond motifs is 1. The molecule has 1 heterocycles. The van der Waals surface area contributed by atoms with Gasteiger partial charge >= 0.3 is 0 Å². The van der Waals surface area contributed by atoms with Gasteiger partial charge in [0.1, 0.15) is 12.6 Å². The van der Waals surface area contributed by atoms with Crippen LogP contribution in [0.25, 0.3) is 10.1 Å². The van der Waals surface area contributed by atoms with E-state index in [1.54, 1.807) is 11.3 Å². The second kappa shape index (κ2) is 11.3. The molecule has 0 fully saturated rings. The van der Waals surface area contributed by atoms with E-state index in [4.69, 9.17) is 0 Å². The topological polar surface area (TPSA) is 85.8 Å². The van der Waals surface area contributed by atoms with Crippen molar-refractivity contribution in [3.63, 3.8) is 0 Å². The first-order valence-electron chi connectivity index (χ1n) is 10.1. The number of thiophene rings is 1. The molecule has 0 aliphatic carbocycles. The van der Waals surface area contributed by atoms with Crippen molar-refractivity contribution in [2.75, 3.05) is 26.2 Å². The van der Waals surface area contributed by atoms with Crippen molar-refractivity contribution in [1.29, 1.82) is 0 Å². The minimum atomic E-state index is -0.647. The van der Waals surface area contributed by atoms with Crippen LogP contribution in [-0.4, -0.2) is 43.2 Å². The third kappa shape index (κ3) is 6.57. The van der Waals surface area contributed by atoms with Gasteiger partial charge in [0.25, 0.3) is 0 Å². The summed E-state index contributed by atoms with van der Waals surface area (Å²) in [5.41, 5.74) is 1.19. The molecule has 30 heavy (non-hydrogen) atoms. The van der Waals surface area contributed by atoms with Crippen LogP contribution >= 0.6 is 11.3 Å². The average Bonchev–Trinajstić information content (AvgIpc) is 3.21. The molecule has 7 heteroatoms. The van der Waals surface area contributed by atoms with E-state index in [-0.39, 0.29) is 12.5 Å². The van der Waals surface area contributed by atoms with E-state index in [1.807, 2.05) is 67.6 Å². The van der Waals surface area contributed by atoms with Crippen molar-refractivity contribution in [3.05, 3.63) is 71.1 Å². The van der Waals surface area contributed by atoms with Crippen LogP contribution in [0.15, 0.2) is 65.7 Å². The van der Waals surface area contributed by atoms with E-state index in [9.17, 15) is 9.90 Å². The number of aliphatic imine (C=N–C) groups is 1. The third-order valence-corrected chi connectivity index (χ3v) is 5.76. The van der Waals surface area contributed by atoms with Gasteiger partial charge in [-0.15, -0.1) is 11.3 Å². The summed E-state index contributed by atoms with van der Waals surface area (Å²) < 4.78 is 1.15. The normalized spacial score (nSPS) is 12.5. The van der Waals surface area contributed by atoms with Crippen LogP contribution in [-0.2, 0) is 11.2 Å². The summed E-state index contributed by atoms with van der Waals surface area (Å²) >= 11 is 1.58. The summed E-state index contributed by atoms with van der Waals surface area (Å²) in [6, 6.07) is 20.1. The van der Waals surface area contributed by atoms with Crippen LogP contribution < -0.4 is 16.0 Å². The van der Waals surface area contributed by atoms with Crippen molar-refractivity contribution >= 4 is 33.3 Å². The quantitative estimate of drug-likeness (QED) is 0.314. The molecule has 6 nitrogen and oxygen atoms in total. The highest BCUT2D eigenvalue weighted by Gasteiger charge is 2.12. The minimum Gasteiger partial charge on any atom is -0.386 e. The number of guanidine groups is 1. The molecule has 0 aliphatic rings. The number of carbonyl (C=O) groups excluding carboxylic acids is 1. The van der Waals surface area contributed by atoms with E-state index in [0.29, 0.717) is 25.6 Å². The smallest absolute Gasteiger partial charge is 0.241 e. The SMILES string of the molecule is CCNC(=NCC(=O)NCCc1ccccc1)NCC(O)c1cc2ccccc2s1. The second-order valence-electron chi connectivity index (χ2n) is 6.86. The fourth-order valence-corrected chi connectivity index (χ4v) is 4.05. The number of benzene rings is 2. The number of nitrogens with zero attached hydrogens (tertiary/aromatic N) is 1. The van der Waals surface area contributed by atoms with Gasteiger partial charge in [0.05, 0.1) is 0 Å². The number of hydrogen-bond donors (Lipinski definition) is 4. The predicted molar refractivity (Wildman–Crippen MR) is 124 cm³/mol. The van der Waals surface area contributed by atoms with E-state index in [0.717, 1.165) is 21.4 Å². The molecule has 3 aromatic rings. The zero-order chi connectivity index (χ0) is 21.2. The van der Waals surface area contributed by atoms with Gasteiger partial charge in [-0.25, -0.2) is 4.99 Å². The maximum atomic E-state index is 12.1. The molecular formula is C23H28N4O2S. The molecule has 0 spiro atoms. The van der Waals surface area contributed by atoms with Gasteiger partial charge in [0, 0.05) is 29.2 Å². The molecule has 0 radical (unpaired) electrons. The Balaban J connectivity index is 1.46. The highest BCUT2D eigenvalue weighted by molar-refractivity contribution is 7.19. The monoisotopic (exact) mass is 424 g/mol. The lowest BCUT2D eigenvalue weighted by molar-refractivity contribution is -0.119. The van der Waals surface area contributed by atoms with Gasteiger partial charge in [-0.2, -0.15) is 0 Å². The Labute approximate surface area is 181 Å². The lowest BCUT2D eigenvalue weighted by Crippen LogP contribution is -2.40. The molecule has 0 saturated carbocycles. The summed E-state index contributed by atoms with van der Waals surface area (Å²) in [5.74, 6) is 0.379. The Morgan fingerprint density at radius 1 is 1.07 bits per heavy atom. The summed E-state index contributed by atoms with van der Waals surface area (Å²) in [5, 5.41) is 20.8. The van der Waals surface area contributed by atoms with Crippen LogP contribution in [0.2, 0.25) is 0 Å². The van der Waals surface area contributed by atoms with Crippen molar-refractivity contribution in [1.82, 2.24) is 16.0 Å². The molecule has 1 amide bonds. The molecule has 2 aromatic carbocycles. The van der Waals surface area contributed by atoms with Gasteiger partial charge in [-0.05, 0) is 36.4 Å². The Morgan fingerprint density at radius 2 is 1.83 bits per heavy atom. The molecular weight excluding hydrogens is 396 g/mol. The number of aliphatic hydroxyl groups excluding tert-OH is 1. The van der Waals surface area contributed by atoms with Crippen molar-refractivity contribution in [2.24, 2.45) is 4.99 Å². The van der Waals surface area contributed by atoms with Crippen LogP contribution in [0.1, 0.15) is 23.5 Å². The first-order chi connectivity index (χ1) is 14.7. The predicted octanol–water partition coefficient (Wildman–Crippen LogP) is 2.85. The van der Waals surface area contributed by atoms with Crippen LogP contribution in [0, 0.1) is 0 Å². The van der Waals surface area contributed by atoms with Gasteiger partial charge in [-0.3, -0.25) is 4.79 Å². The maximum Gasteiger partial charge on any atom is 0.241 e. The highest BCUT2D eigenvalue weighted by atomic mass is 32.1. The highest BCUT2D eigenvalue weighted by Crippen LogP contribution is 2.29. The van der Waals surface area contributed by atoms with E-state index >= 15 is 0 Å². The molecule has 4 N–H and O–H groups in total. The lowest BCUT2D eigenvalue weighted by Gasteiger charge is -2.14. The largest absolute Gasteiger partial charge is 0.386 e. The molecule has 0 bridgehead atoms. The van der Waals surface area contributed by atoms with Crippen LogP contribution in [0.3, 0.4) is 0 Å². The Kier molecular flexibility index (Phi) is 8.23. The van der Waals surface area contributed by atoms with Crippen molar-refractivity contribution in [3.8, 4) is 0 Å². The number of amides is 1. The van der Waals surface area contributed by atoms with E-state index in [1.165, 1.54) is 5.56 Å². The number of aliphatic hydroxyl groups is 1. The third-order valence-electron chi connectivity index (χ3n) is 4.54. The first-order valence-corrected chi connectivity index (χ1v) is 11.0. The van der Waals surface area contributed by atoms with E-state index < -0.39 is 6.10 Å². The van der Waals surface area contributed by atoms with Gasteiger partial charge in [0.15, 0.2) is 5.96 Å². The van der Waals surface area contributed by atoms with E-state index in [2.05, 4.69) is 20.9 Å². The number of nitrogens with one attached hydrogen (secondary N) is 3. The maximum absolute atomic E-state index is 12.1. The lowest BCUT2D eigenvalue weighted by atomic mass is 10.1. The number of hydrogen-bond acceptors (Lipinski definition) is 4. The summed E-state index contributed by atoms with van der Waals surface area (Å²) in [6.45, 7) is 3.55. The number of carbonyl (C=O) groups is 1. The van der Waals surface area contributed by atoms with Gasteiger partial charge in [-0.1, -0.05) is 48.5 Å². The van der Waals surface area contributed by atoms with Gasteiger partial charge in [0.2, 0.25) is 5.91 Å². The molecule has 1 unspecified atom stereocenters. The Morgan fingerprint density at radius 3 is 2.60 bits per heavy atom. The summed E-state index contributed by atoms with van der Waals surface area (Å²) in [7, 11) is 0. The van der Waals surface area contributed by atoms with Crippen molar-refractivity contribution in [2.45, 2.75) is 19.4 Å². The standard InChI is InChI=1S/C23H28N4O2S/c1-2-24-23(27-16-22(29)25-13-12-17-8-4-3-5-9-17)26-15-19(28)21-14-18-10-6-7-11-20(18)30-21/h3-11,14,19,28H,2,12-13,15-16H2,1H3,(H,25,29)(H2,24,26,27). The molecule has 0 aliphatic heterocycles. The number of rotatable bonds is 9. The molecule has 1 atom stereocenters. The Bertz CT molecular complexity index is 939. The summed E-state index contributed by atoms with van der Waals surface area (Å²) in [6.07, 6.45) is 0.140. The molecule has 0 saturated heterocycles. The Hall–Kier alpha value is -2.90. The molecule has 3 rings (SSSR count). The van der Waals surface area contributed by atoms with Crippen molar-refractivity contribution < 1.29 is 9.90 Å². The fourth-order valence-electron chi connectivity index (χ4n) is 3.00. The second-order valence-corrected chi connectivity index (χ2v) is 7.98. The zero-order valence-corrected chi connectivity index (χ0v) is 17.9.